The van der Waals surface area contributed by atoms with Crippen molar-refractivity contribution < 1.29 is 31.4 Å². The van der Waals surface area contributed by atoms with E-state index in [0.717, 1.165) is 6.07 Å². The van der Waals surface area contributed by atoms with E-state index in [1.165, 1.54) is 12.1 Å². The molecule has 0 aliphatic carbocycles. The molecule has 1 rings (SSSR count). The largest absolute Gasteiger partial charge is 0.573 e. The van der Waals surface area contributed by atoms with Gasteiger partial charge in [0.15, 0.2) is 11.5 Å². The van der Waals surface area contributed by atoms with E-state index in [4.69, 9.17) is 0 Å². The first kappa shape index (κ1) is 12.9. The van der Waals surface area contributed by atoms with Gasteiger partial charge >= 0.3 is 13.0 Å². The van der Waals surface area contributed by atoms with Gasteiger partial charge in [0, 0.05) is 0 Å². The third-order valence-corrected chi connectivity index (χ3v) is 1.74. The zero-order valence-corrected chi connectivity index (χ0v) is 8.36. The maximum absolute atomic E-state index is 11.9. The second-order valence-corrected chi connectivity index (χ2v) is 3.01. The summed E-state index contributed by atoms with van der Waals surface area (Å²) in [6, 6.07) is 3.22. The Kier molecular flexibility index (Phi) is 3.84. The Morgan fingerprint density at radius 2 is 1.81 bits per heavy atom. The molecule has 0 atom stereocenters. The molecule has 8 heteroatoms. The molecular formula is C8H5F5O2S. The number of benzene rings is 1. The van der Waals surface area contributed by atoms with Gasteiger partial charge < -0.3 is 9.47 Å². The number of hydrogen-bond acceptors (Lipinski definition) is 3. The standard InChI is InChI=1S/C8H5F5O2S/c9-7(10)14-6-4(15-8(11,12)13)2-1-3-5(6)16/h1-3,7,16H. The van der Waals surface area contributed by atoms with Gasteiger partial charge in [-0.1, -0.05) is 6.07 Å². The first-order valence-corrected chi connectivity index (χ1v) is 4.27. The van der Waals surface area contributed by atoms with Gasteiger partial charge in [0.05, 0.1) is 4.90 Å². The van der Waals surface area contributed by atoms with E-state index in [9.17, 15) is 22.0 Å². The maximum atomic E-state index is 11.9. The molecule has 0 saturated carbocycles. The van der Waals surface area contributed by atoms with Gasteiger partial charge in [-0.3, -0.25) is 0 Å². The second-order valence-electron chi connectivity index (χ2n) is 2.53. The van der Waals surface area contributed by atoms with Crippen molar-refractivity contribution in [2.45, 2.75) is 17.9 Å². The highest BCUT2D eigenvalue weighted by atomic mass is 32.1. The quantitative estimate of drug-likeness (QED) is 0.662. The number of rotatable bonds is 3. The van der Waals surface area contributed by atoms with Crippen LogP contribution >= 0.6 is 12.6 Å². The highest BCUT2D eigenvalue weighted by molar-refractivity contribution is 7.80. The topological polar surface area (TPSA) is 18.5 Å². The van der Waals surface area contributed by atoms with Crippen molar-refractivity contribution >= 4 is 12.6 Å². The normalized spacial score (nSPS) is 11.7. The Balaban J connectivity index is 3.03. The van der Waals surface area contributed by atoms with Crippen molar-refractivity contribution in [1.82, 2.24) is 0 Å². The summed E-state index contributed by atoms with van der Waals surface area (Å²) in [6.07, 6.45) is -4.98. The number of halogens is 5. The van der Waals surface area contributed by atoms with Crippen molar-refractivity contribution in [3.05, 3.63) is 18.2 Å². The van der Waals surface area contributed by atoms with Gasteiger partial charge in [-0.15, -0.1) is 25.8 Å². The van der Waals surface area contributed by atoms with E-state index in [1.54, 1.807) is 0 Å². The Hall–Kier alpha value is -1.18. The van der Waals surface area contributed by atoms with Crippen LogP contribution in [0.3, 0.4) is 0 Å². The molecule has 0 N–H and O–H groups in total. The lowest BCUT2D eigenvalue weighted by atomic mass is 10.3. The predicted molar refractivity (Wildman–Crippen MR) is 47.0 cm³/mol. The summed E-state index contributed by atoms with van der Waals surface area (Å²) in [5, 5.41) is 0. The minimum atomic E-state index is -4.98. The third-order valence-electron chi connectivity index (χ3n) is 1.39. The first-order chi connectivity index (χ1) is 7.29. The van der Waals surface area contributed by atoms with Gasteiger partial charge in [0.25, 0.3) is 0 Å². The molecule has 0 heterocycles. The molecule has 90 valence electrons. The molecule has 0 spiro atoms. The van der Waals surface area contributed by atoms with Crippen LogP contribution in [0.4, 0.5) is 22.0 Å². The zero-order valence-electron chi connectivity index (χ0n) is 7.46. The van der Waals surface area contributed by atoms with Crippen LogP contribution in [0.25, 0.3) is 0 Å². The highest BCUT2D eigenvalue weighted by Crippen LogP contribution is 2.37. The van der Waals surface area contributed by atoms with Crippen LogP contribution in [-0.2, 0) is 0 Å². The number of thiol groups is 1. The van der Waals surface area contributed by atoms with E-state index in [1.807, 2.05) is 0 Å². The molecular weight excluding hydrogens is 255 g/mol. The van der Waals surface area contributed by atoms with Gasteiger partial charge in [-0.25, -0.2) is 0 Å². The average molecular weight is 260 g/mol. The van der Waals surface area contributed by atoms with Crippen LogP contribution in [0.5, 0.6) is 11.5 Å². The molecule has 16 heavy (non-hydrogen) atoms. The third kappa shape index (κ3) is 3.76. The van der Waals surface area contributed by atoms with Crippen molar-refractivity contribution in [1.29, 1.82) is 0 Å². The Labute approximate surface area is 92.4 Å². The van der Waals surface area contributed by atoms with E-state index in [0.29, 0.717) is 0 Å². The fourth-order valence-electron chi connectivity index (χ4n) is 0.917. The zero-order chi connectivity index (χ0) is 12.3. The molecule has 0 bridgehead atoms. The summed E-state index contributed by atoms with van der Waals surface area (Å²) in [4.78, 5) is -0.179. The van der Waals surface area contributed by atoms with Crippen LogP contribution in [0.15, 0.2) is 23.1 Å². The van der Waals surface area contributed by atoms with Gasteiger partial charge in [-0.05, 0) is 12.1 Å². The lowest BCUT2D eigenvalue weighted by molar-refractivity contribution is -0.275. The van der Waals surface area contributed by atoms with Crippen molar-refractivity contribution in [2.75, 3.05) is 0 Å². The molecule has 0 saturated heterocycles. The monoisotopic (exact) mass is 260 g/mol. The molecule has 0 fully saturated rings. The number of ether oxygens (including phenoxy) is 2. The SMILES string of the molecule is FC(F)Oc1c(S)cccc1OC(F)(F)F. The second kappa shape index (κ2) is 4.77. The summed E-state index contributed by atoms with van der Waals surface area (Å²) in [5.74, 6) is -1.61. The molecule has 0 amide bonds. The van der Waals surface area contributed by atoms with Gasteiger partial charge in [0.1, 0.15) is 0 Å². The first-order valence-electron chi connectivity index (χ1n) is 3.82. The van der Waals surface area contributed by atoms with Crippen LogP contribution < -0.4 is 9.47 Å². The van der Waals surface area contributed by atoms with Gasteiger partial charge in [0.2, 0.25) is 0 Å². The van der Waals surface area contributed by atoms with Crippen molar-refractivity contribution in [3.63, 3.8) is 0 Å². The summed E-state index contributed by atoms with van der Waals surface area (Å²) >= 11 is 3.69. The van der Waals surface area contributed by atoms with E-state index in [2.05, 4.69) is 22.1 Å². The fourth-order valence-corrected chi connectivity index (χ4v) is 1.17. The van der Waals surface area contributed by atoms with Crippen molar-refractivity contribution in [3.8, 4) is 11.5 Å². The van der Waals surface area contributed by atoms with E-state index >= 15 is 0 Å². The summed E-state index contributed by atoms with van der Waals surface area (Å²) in [7, 11) is 0. The average Bonchev–Trinajstić information content (AvgIpc) is 2.08. The molecule has 0 radical (unpaired) electrons. The molecule has 2 nitrogen and oxygen atoms in total. The smallest absolute Gasteiger partial charge is 0.430 e. The predicted octanol–water partition coefficient (Wildman–Crippen LogP) is 3.48. The van der Waals surface area contributed by atoms with Crippen LogP contribution in [0.1, 0.15) is 0 Å². The molecule has 1 aromatic rings. The molecule has 1 aromatic carbocycles. The maximum Gasteiger partial charge on any atom is 0.573 e. The number of para-hydroxylation sites is 1. The minimum Gasteiger partial charge on any atom is -0.430 e. The van der Waals surface area contributed by atoms with Crippen molar-refractivity contribution in [2.24, 2.45) is 0 Å². The van der Waals surface area contributed by atoms with Crippen LogP contribution in [0, 0.1) is 0 Å². The Morgan fingerprint density at radius 3 is 2.31 bits per heavy atom. The lowest BCUT2D eigenvalue weighted by Crippen LogP contribution is -2.18. The van der Waals surface area contributed by atoms with E-state index in [-0.39, 0.29) is 4.90 Å². The minimum absolute atomic E-state index is 0.179. The molecule has 0 aromatic heterocycles. The Morgan fingerprint density at radius 1 is 1.19 bits per heavy atom. The summed E-state index contributed by atoms with van der Waals surface area (Å²) < 4.78 is 66.9. The molecule has 0 aliphatic rings. The fraction of sp³-hybridized carbons (Fsp3) is 0.250. The number of alkyl halides is 5. The van der Waals surface area contributed by atoms with E-state index < -0.39 is 24.5 Å². The van der Waals surface area contributed by atoms with Crippen LogP contribution in [0.2, 0.25) is 0 Å². The summed E-state index contributed by atoms with van der Waals surface area (Å²) in [5.41, 5.74) is 0. The van der Waals surface area contributed by atoms with Gasteiger partial charge in [-0.2, -0.15) is 8.78 Å². The molecule has 0 unspecified atom stereocenters. The summed E-state index contributed by atoms with van der Waals surface area (Å²) in [6.45, 7) is -3.26. The highest BCUT2D eigenvalue weighted by Gasteiger charge is 2.33. The molecule has 0 aliphatic heterocycles. The Bertz CT molecular complexity index is 366. The lowest BCUT2D eigenvalue weighted by Gasteiger charge is -2.14. The van der Waals surface area contributed by atoms with Crippen LogP contribution in [-0.4, -0.2) is 13.0 Å². The number of hydrogen-bond donors (Lipinski definition) is 1.